The zero-order valence-electron chi connectivity index (χ0n) is 19.0. The number of fused-ring (bicyclic) bond motifs is 3. The minimum atomic E-state index is 0.00912. The van der Waals surface area contributed by atoms with E-state index in [4.69, 9.17) is 0 Å². The molecule has 0 saturated heterocycles. The van der Waals surface area contributed by atoms with Gasteiger partial charge in [-0.05, 0) is 65.4 Å². The van der Waals surface area contributed by atoms with Gasteiger partial charge in [0.25, 0.3) is 0 Å². The SMILES string of the molecule is C[CH-]Cc1ccc2c(c1)C(C)(C)c1cc(N(c3c#cccc3)C3CCCCC3)ccc1-2. The van der Waals surface area contributed by atoms with E-state index in [0.717, 1.165) is 12.1 Å². The second-order valence-corrected chi connectivity index (χ2v) is 9.69. The van der Waals surface area contributed by atoms with Crippen LogP contribution in [0.15, 0.2) is 54.6 Å². The maximum Gasteiger partial charge on any atom is 0.0930 e. The summed E-state index contributed by atoms with van der Waals surface area (Å²) in [6, 6.07) is 27.5. The van der Waals surface area contributed by atoms with Crippen LogP contribution in [0, 0.1) is 18.6 Å². The van der Waals surface area contributed by atoms with Crippen molar-refractivity contribution in [3.05, 3.63) is 89.8 Å². The Morgan fingerprint density at radius 1 is 0.968 bits per heavy atom. The highest BCUT2D eigenvalue weighted by atomic mass is 15.2. The molecule has 158 valence electrons. The molecule has 0 aliphatic heterocycles. The molecule has 1 nitrogen and oxygen atoms in total. The zero-order chi connectivity index (χ0) is 21.4. The van der Waals surface area contributed by atoms with Crippen LogP contribution in [0.4, 0.5) is 11.4 Å². The van der Waals surface area contributed by atoms with Crippen LogP contribution in [0.5, 0.6) is 0 Å². The molecule has 0 bridgehead atoms. The first-order valence-electron chi connectivity index (χ1n) is 11.8. The average Bonchev–Trinajstić information content (AvgIpc) is 3.02. The van der Waals surface area contributed by atoms with Crippen molar-refractivity contribution >= 4 is 11.4 Å². The summed E-state index contributed by atoms with van der Waals surface area (Å²) in [5.74, 6) is 0. The van der Waals surface area contributed by atoms with Crippen LogP contribution in [0.25, 0.3) is 11.1 Å². The number of hydrogen-bond donors (Lipinski definition) is 0. The topological polar surface area (TPSA) is 3.24 Å². The van der Waals surface area contributed by atoms with E-state index in [0.29, 0.717) is 6.04 Å². The van der Waals surface area contributed by atoms with E-state index in [-0.39, 0.29) is 5.41 Å². The summed E-state index contributed by atoms with van der Waals surface area (Å²) < 4.78 is 0. The van der Waals surface area contributed by atoms with Crippen molar-refractivity contribution in [2.45, 2.75) is 70.8 Å². The Labute approximate surface area is 188 Å². The molecule has 2 aliphatic carbocycles. The molecule has 3 aromatic rings. The van der Waals surface area contributed by atoms with Crippen molar-refractivity contribution in [3.63, 3.8) is 0 Å². The molecule has 31 heavy (non-hydrogen) atoms. The molecular formula is C30H32N-. The Hall–Kier alpha value is -2.72. The highest BCUT2D eigenvalue weighted by molar-refractivity contribution is 5.83. The highest BCUT2D eigenvalue weighted by Gasteiger charge is 2.36. The lowest BCUT2D eigenvalue weighted by Crippen LogP contribution is -2.33. The molecule has 0 atom stereocenters. The second-order valence-electron chi connectivity index (χ2n) is 9.69. The average molecular weight is 407 g/mol. The first kappa shape index (κ1) is 20.2. The maximum atomic E-state index is 3.39. The third kappa shape index (κ3) is 3.53. The Morgan fingerprint density at radius 2 is 1.71 bits per heavy atom. The smallest absolute Gasteiger partial charge is 0.0930 e. The van der Waals surface area contributed by atoms with E-state index in [2.05, 4.69) is 92.8 Å². The van der Waals surface area contributed by atoms with Gasteiger partial charge in [-0.2, -0.15) is 13.3 Å². The van der Waals surface area contributed by atoms with Crippen LogP contribution in [-0.4, -0.2) is 6.04 Å². The first-order chi connectivity index (χ1) is 15.1. The Kier molecular flexibility index (Phi) is 5.27. The molecule has 0 radical (unpaired) electrons. The van der Waals surface area contributed by atoms with Gasteiger partial charge in [-0.1, -0.05) is 75.1 Å². The number of benzene rings is 2. The fraction of sp³-hybridized carbons (Fsp3) is 0.367. The Balaban J connectivity index is 1.59. The molecule has 0 aromatic heterocycles. The molecule has 1 fully saturated rings. The molecular weight excluding hydrogens is 374 g/mol. The lowest BCUT2D eigenvalue weighted by atomic mass is 9.81. The quantitative estimate of drug-likeness (QED) is 0.390. The minimum Gasteiger partial charge on any atom is -0.331 e. The zero-order valence-corrected chi connectivity index (χ0v) is 19.0. The summed E-state index contributed by atoms with van der Waals surface area (Å²) in [5.41, 5.74) is 9.54. The van der Waals surface area contributed by atoms with Gasteiger partial charge in [0.15, 0.2) is 0 Å². The lowest BCUT2D eigenvalue weighted by Gasteiger charge is -2.36. The fourth-order valence-electron chi connectivity index (χ4n) is 5.66. The van der Waals surface area contributed by atoms with Crippen LogP contribution >= 0.6 is 0 Å². The van der Waals surface area contributed by atoms with Gasteiger partial charge >= 0.3 is 0 Å². The van der Waals surface area contributed by atoms with Gasteiger partial charge in [0, 0.05) is 17.1 Å². The first-order valence-corrected chi connectivity index (χ1v) is 11.8. The van der Waals surface area contributed by atoms with E-state index in [1.165, 1.54) is 65.6 Å². The number of hydrogen-bond acceptors (Lipinski definition) is 1. The molecule has 5 rings (SSSR count). The van der Waals surface area contributed by atoms with Crippen LogP contribution in [0.2, 0.25) is 0 Å². The van der Waals surface area contributed by atoms with Gasteiger partial charge in [-0.25, -0.2) is 0 Å². The molecule has 0 N–H and O–H groups in total. The Bertz CT molecular complexity index is 1060. The number of anilines is 2. The van der Waals surface area contributed by atoms with Crippen LogP contribution in [-0.2, 0) is 11.8 Å². The normalized spacial score (nSPS) is 17.0. The van der Waals surface area contributed by atoms with Crippen molar-refractivity contribution in [3.8, 4) is 11.1 Å². The van der Waals surface area contributed by atoms with Gasteiger partial charge in [0.1, 0.15) is 0 Å². The molecule has 0 amide bonds. The third-order valence-corrected chi connectivity index (χ3v) is 7.28. The van der Waals surface area contributed by atoms with Crippen molar-refractivity contribution in [1.82, 2.24) is 0 Å². The van der Waals surface area contributed by atoms with E-state index >= 15 is 0 Å². The summed E-state index contributed by atoms with van der Waals surface area (Å²) >= 11 is 0. The monoisotopic (exact) mass is 406 g/mol. The van der Waals surface area contributed by atoms with Gasteiger partial charge in [-0.3, -0.25) is 0 Å². The van der Waals surface area contributed by atoms with E-state index in [1.807, 2.05) is 6.07 Å². The molecule has 2 aliphatic rings. The summed E-state index contributed by atoms with van der Waals surface area (Å²) in [6.07, 6.45) is 9.76. The fourth-order valence-corrected chi connectivity index (χ4v) is 5.66. The van der Waals surface area contributed by atoms with Crippen molar-refractivity contribution in [2.24, 2.45) is 0 Å². The van der Waals surface area contributed by atoms with Crippen molar-refractivity contribution in [2.75, 3.05) is 4.90 Å². The number of nitrogens with zero attached hydrogens (tertiary/aromatic N) is 1. The van der Waals surface area contributed by atoms with Crippen molar-refractivity contribution in [1.29, 1.82) is 0 Å². The molecule has 1 heteroatoms. The van der Waals surface area contributed by atoms with Crippen molar-refractivity contribution < 1.29 is 0 Å². The summed E-state index contributed by atoms with van der Waals surface area (Å²) in [4.78, 5) is 2.53. The summed E-state index contributed by atoms with van der Waals surface area (Å²) in [6.45, 7) is 6.90. The van der Waals surface area contributed by atoms with Crippen LogP contribution in [0.1, 0.15) is 69.6 Å². The Morgan fingerprint density at radius 3 is 2.42 bits per heavy atom. The standard InChI is InChI=1S/C30H32N/c1-4-11-22-16-18-26-27-19-17-25(21-29(27)30(2,3)28(26)20-22)31(23-12-7-5-8-13-23)24-14-9-6-10-15-24/h4-5,7,12,16-21,24H,6,9-11,14-15H2,1-3H3/q-1. The number of rotatable bonds is 5. The third-order valence-electron chi connectivity index (χ3n) is 7.28. The summed E-state index contributed by atoms with van der Waals surface area (Å²) in [7, 11) is 0. The predicted molar refractivity (Wildman–Crippen MR) is 131 cm³/mol. The highest BCUT2D eigenvalue weighted by Crippen LogP contribution is 2.50. The second kappa shape index (κ2) is 8.08. The molecule has 1 saturated carbocycles. The molecule has 3 aromatic carbocycles. The molecule has 0 heterocycles. The summed E-state index contributed by atoms with van der Waals surface area (Å²) in [5, 5.41) is 0. The van der Waals surface area contributed by atoms with E-state index in [9.17, 15) is 0 Å². The van der Waals surface area contributed by atoms with E-state index < -0.39 is 0 Å². The molecule has 0 spiro atoms. The van der Waals surface area contributed by atoms with Crippen LogP contribution in [0.3, 0.4) is 0 Å². The van der Waals surface area contributed by atoms with Gasteiger partial charge in [0.2, 0.25) is 0 Å². The van der Waals surface area contributed by atoms with Gasteiger partial charge in [-0.15, -0.1) is 0 Å². The molecule has 0 unspecified atom stereocenters. The van der Waals surface area contributed by atoms with E-state index in [1.54, 1.807) is 0 Å². The predicted octanol–water partition coefficient (Wildman–Crippen LogP) is 7.83. The lowest BCUT2D eigenvalue weighted by molar-refractivity contribution is 0.436. The maximum absolute atomic E-state index is 3.39. The largest absolute Gasteiger partial charge is 0.331 e. The van der Waals surface area contributed by atoms with Gasteiger partial charge < -0.3 is 11.3 Å². The minimum absolute atomic E-state index is 0.00912. The van der Waals surface area contributed by atoms with Gasteiger partial charge in [0.05, 0.1) is 5.69 Å². The van der Waals surface area contributed by atoms with Crippen LogP contribution < -0.4 is 4.90 Å².